The molecule has 190 valence electrons. The van der Waals surface area contributed by atoms with Crippen LogP contribution in [0, 0.1) is 11.8 Å². The number of carbonyl (C=O) groups is 6. The minimum atomic E-state index is -1.34. The monoisotopic (exact) mass is 486 g/mol. The standard InChI is InChI=1S/C22H30O12/c1-11(15(21(27)31-7)9-17(23)29-5)19(25)33-13(3)14(4)34-20(26)12(2)16(22(28)32-8)10-18(24)30-6/h13-16H,1-2,9-10H2,3-8H3. The summed E-state index contributed by atoms with van der Waals surface area (Å²) in [5, 5.41) is 0. The summed E-state index contributed by atoms with van der Waals surface area (Å²) in [6.45, 7) is 9.79. The number of hydrogen-bond acceptors (Lipinski definition) is 12. The molecule has 0 N–H and O–H groups in total. The van der Waals surface area contributed by atoms with Crippen molar-refractivity contribution in [2.45, 2.75) is 38.9 Å². The van der Waals surface area contributed by atoms with Crippen LogP contribution < -0.4 is 0 Å². The van der Waals surface area contributed by atoms with E-state index in [-0.39, 0.29) is 11.1 Å². The lowest BCUT2D eigenvalue weighted by atomic mass is 9.96. The Labute approximate surface area is 197 Å². The highest BCUT2D eigenvalue weighted by Gasteiger charge is 2.34. The number of carbonyl (C=O) groups excluding carboxylic acids is 6. The van der Waals surface area contributed by atoms with E-state index >= 15 is 0 Å². The normalized spacial score (nSPS) is 13.7. The summed E-state index contributed by atoms with van der Waals surface area (Å²) >= 11 is 0. The summed E-state index contributed by atoms with van der Waals surface area (Å²) in [4.78, 5) is 71.9. The molecular weight excluding hydrogens is 456 g/mol. The average Bonchev–Trinajstić information content (AvgIpc) is 2.82. The van der Waals surface area contributed by atoms with Gasteiger partial charge in [-0.1, -0.05) is 13.2 Å². The second-order valence-corrected chi connectivity index (χ2v) is 6.98. The van der Waals surface area contributed by atoms with Crippen LogP contribution in [-0.4, -0.2) is 76.5 Å². The molecule has 0 aromatic rings. The number of hydrogen-bond donors (Lipinski definition) is 0. The first-order chi connectivity index (χ1) is 15.8. The first-order valence-electron chi connectivity index (χ1n) is 9.93. The minimum absolute atomic E-state index is 0.365. The second kappa shape index (κ2) is 14.4. The summed E-state index contributed by atoms with van der Waals surface area (Å²) in [6.07, 6.45) is -3.08. The Kier molecular flexibility index (Phi) is 12.9. The molecule has 0 aliphatic carbocycles. The van der Waals surface area contributed by atoms with Crippen LogP contribution >= 0.6 is 0 Å². The fourth-order valence-electron chi connectivity index (χ4n) is 2.45. The van der Waals surface area contributed by atoms with Crippen molar-refractivity contribution in [3.63, 3.8) is 0 Å². The smallest absolute Gasteiger partial charge is 0.334 e. The largest absolute Gasteiger partial charge is 0.469 e. The van der Waals surface area contributed by atoms with Crippen molar-refractivity contribution in [2.75, 3.05) is 28.4 Å². The maximum absolute atomic E-state index is 12.4. The molecule has 0 saturated carbocycles. The molecule has 0 aliphatic heterocycles. The van der Waals surface area contributed by atoms with Gasteiger partial charge < -0.3 is 28.4 Å². The highest BCUT2D eigenvalue weighted by atomic mass is 16.6. The van der Waals surface area contributed by atoms with E-state index in [1.165, 1.54) is 13.8 Å². The number of esters is 6. The maximum atomic E-state index is 12.4. The molecule has 0 bridgehead atoms. The highest BCUT2D eigenvalue weighted by molar-refractivity contribution is 5.97. The Morgan fingerprint density at radius 1 is 0.588 bits per heavy atom. The Morgan fingerprint density at radius 3 is 1.12 bits per heavy atom. The highest BCUT2D eigenvalue weighted by Crippen LogP contribution is 2.21. The lowest BCUT2D eigenvalue weighted by molar-refractivity contribution is -0.163. The van der Waals surface area contributed by atoms with Crippen molar-refractivity contribution in [1.29, 1.82) is 0 Å². The molecule has 0 radical (unpaired) electrons. The molecule has 0 rings (SSSR count). The van der Waals surface area contributed by atoms with Crippen LogP contribution in [0.4, 0.5) is 0 Å². The van der Waals surface area contributed by atoms with Gasteiger partial charge in [0.05, 0.1) is 53.1 Å². The van der Waals surface area contributed by atoms with Crippen molar-refractivity contribution in [1.82, 2.24) is 0 Å². The van der Waals surface area contributed by atoms with Gasteiger partial charge >= 0.3 is 35.8 Å². The van der Waals surface area contributed by atoms with Crippen molar-refractivity contribution in [3.05, 3.63) is 24.3 Å². The molecule has 12 heteroatoms. The molecule has 4 atom stereocenters. The lowest BCUT2D eigenvalue weighted by Gasteiger charge is -2.24. The molecule has 0 aromatic carbocycles. The summed E-state index contributed by atoms with van der Waals surface area (Å²) in [5.74, 6) is -8.08. The molecule has 0 saturated heterocycles. The van der Waals surface area contributed by atoms with E-state index in [2.05, 4.69) is 32.1 Å². The van der Waals surface area contributed by atoms with Gasteiger partial charge in [-0.05, 0) is 13.8 Å². The van der Waals surface area contributed by atoms with Gasteiger partial charge in [0.2, 0.25) is 0 Å². The predicted octanol–water partition coefficient (Wildman–Crippen LogP) is 0.667. The van der Waals surface area contributed by atoms with E-state index in [9.17, 15) is 28.8 Å². The zero-order chi connectivity index (χ0) is 26.6. The van der Waals surface area contributed by atoms with Gasteiger partial charge in [-0.25, -0.2) is 9.59 Å². The van der Waals surface area contributed by atoms with Gasteiger partial charge in [0.1, 0.15) is 12.2 Å². The van der Waals surface area contributed by atoms with E-state index in [4.69, 9.17) is 9.47 Å². The van der Waals surface area contributed by atoms with Crippen LogP contribution in [0.2, 0.25) is 0 Å². The summed E-state index contributed by atoms with van der Waals surface area (Å²) in [5.41, 5.74) is -0.730. The fraction of sp³-hybridized carbons (Fsp3) is 0.545. The van der Waals surface area contributed by atoms with Gasteiger partial charge in [0.25, 0.3) is 0 Å². The zero-order valence-electron chi connectivity index (χ0n) is 20.0. The maximum Gasteiger partial charge on any atom is 0.334 e. The minimum Gasteiger partial charge on any atom is -0.469 e. The molecule has 34 heavy (non-hydrogen) atoms. The molecule has 0 fully saturated rings. The van der Waals surface area contributed by atoms with Crippen molar-refractivity contribution in [3.8, 4) is 0 Å². The van der Waals surface area contributed by atoms with Crippen LogP contribution in [0.1, 0.15) is 26.7 Å². The molecule has 0 spiro atoms. The zero-order valence-corrected chi connectivity index (χ0v) is 20.0. The molecule has 0 amide bonds. The Balaban J connectivity index is 5.25. The van der Waals surface area contributed by atoms with Crippen LogP contribution in [0.15, 0.2) is 24.3 Å². The van der Waals surface area contributed by atoms with E-state index in [1.807, 2.05) is 0 Å². The van der Waals surface area contributed by atoms with Gasteiger partial charge in [0, 0.05) is 11.1 Å². The predicted molar refractivity (Wildman–Crippen MR) is 114 cm³/mol. The Bertz CT molecular complexity index is 760. The molecular formula is C22H30O12. The van der Waals surface area contributed by atoms with Crippen molar-refractivity contribution in [2.24, 2.45) is 11.8 Å². The van der Waals surface area contributed by atoms with Crippen molar-refractivity contribution < 1.29 is 57.2 Å². The van der Waals surface area contributed by atoms with E-state index in [0.717, 1.165) is 28.4 Å². The summed E-state index contributed by atoms with van der Waals surface area (Å²) < 4.78 is 28.5. The van der Waals surface area contributed by atoms with E-state index < -0.39 is 72.7 Å². The van der Waals surface area contributed by atoms with Crippen LogP contribution in [-0.2, 0) is 57.2 Å². The van der Waals surface area contributed by atoms with Crippen LogP contribution in [0.5, 0.6) is 0 Å². The van der Waals surface area contributed by atoms with Crippen LogP contribution in [0.25, 0.3) is 0 Å². The Morgan fingerprint density at radius 2 is 0.882 bits per heavy atom. The second-order valence-electron chi connectivity index (χ2n) is 6.98. The molecule has 4 unspecified atom stereocenters. The third kappa shape index (κ3) is 9.04. The first-order valence-corrected chi connectivity index (χ1v) is 9.93. The van der Waals surface area contributed by atoms with E-state index in [0.29, 0.717) is 0 Å². The van der Waals surface area contributed by atoms with Gasteiger partial charge in [0.15, 0.2) is 0 Å². The molecule has 0 aliphatic rings. The quantitative estimate of drug-likeness (QED) is 0.204. The van der Waals surface area contributed by atoms with Gasteiger partial charge in [-0.15, -0.1) is 0 Å². The lowest BCUT2D eigenvalue weighted by Crippen LogP contribution is -2.35. The fourth-order valence-corrected chi connectivity index (χ4v) is 2.45. The summed E-state index contributed by atoms with van der Waals surface area (Å²) in [7, 11) is 4.37. The Hall–Kier alpha value is -3.70. The molecule has 12 nitrogen and oxygen atoms in total. The third-order valence-corrected chi connectivity index (χ3v) is 4.78. The first kappa shape index (κ1) is 30.3. The van der Waals surface area contributed by atoms with E-state index in [1.54, 1.807) is 0 Å². The van der Waals surface area contributed by atoms with Crippen molar-refractivity contribution >= 4 is 35.8 Å². The number of methoxy groups -OCH3 is 4. The van der Waals surface area contributed by atoms with Crippen LogP contribution in [0.3, 0.4) is 0 Å². The average molecular weight is 486 g/mol. The summed E-state index contributed by atoms with van der Waals surface area (Å²) in [6, 6.07) is 0. The molecule has 0 aromatic heterocycles. The SMILES string of the molecule is C=C(C(=O)OC(C)C(C)OC(=O)C(=C)C(CC(=O)OC)C(=O)OC)C(CC(=O)OC)C(=O)OC. The van der Waals surface area contributed by atoms with Gasteiger partial charge in [-0.3, -0.25) is 19.2 Å². The topological polar surface area (TPSA) is 158 Å². The number of rotatable bonds is 13. The number of ether oxygens (including phenoxy) is 6. The van der Waals surface area contributed by atoms with Gasteiger partial charge in [-0.2, -0.15) is 0 Å². The third-order valence-electron chi connectivity index (χ3n) is 4.78. The molecule has 0 heterocycles.